The van der Waals surface area contributed by atoms with Gasteiger partial charge in [-0.25, -0.2) is 4.79 Å². The van der Waals surface area contributed by atoms with Gasteiger partial charge in [-0.1, -0.05) is 30.3 Å². The lowest BCUT2D eigenvalue weighted by Gasteiger charge is -2.08. The Morgan fingerprint density at radius 1 is 0.957 bits per heavy atom. The number of carbonyl (C=O) groups excluding carboxylic acids is 2. The molecule has 0 unspecified atom stereocenters. The third kappa shape index (κ3) is 2.89. The first-order chi connectivity index (χ1) is 11.1. The second-order valence-electron chi connectivity index (χ2n) is 5.04. The van der Waals surface area contributed by atoms with E-state index in [0.29, 0.717) is 22.2 Å². The van der Waals surface area contributed by atoms with Crippen molar-refractivity contribution in [2.75, 3.05) is 5.32 Å². The van der Waals surface area contributed by atoms with Crippen molar-refractivity contribution in [2.45, 2.75) is 6.92 Å². The van der Waals surface area contributed by atoms with Gasteiger partial charge in [0, 0.05) is 10.9 Å². The van der Waals surface area contributed by atoms with Crippen LogP contribution in [0.5, 0.6) is 0 Å². The van der Waals surface area contributed by atoms with Crippen LogP contribution >= 0.6 is 0 Å². The monoisotopic (exact) mass is 307 g/mol. The number of fused-ring (bicyclic) bond motifs is 1. The minimum absolute atomic E-state index is 0.109. The molecule has 0 aliphatic heterocycles. The van der Waals surface area contributed by atoms with Crippen molar-refractivity contribution in [2.24, 2.45) is 0 Å². The van der Waals surface area contributed by atoms with Crippen LogP contribution in [0, 0.1) is 0 Å². The number of benzene rings is 2. The second-order valence-corrected chi connectivity index (χ2v) is 5.04. The van der Waals surface area contributed by atoms with E-state index in [9.17, 15) is 14.4 Å². The van der Waals surface area contributed by atoms with Crippen LogP contribution in [0.4, 0.5) is 5.69 Å². The van der Waals surface area contributed by atoms with Gasteiger partial charge in [0.25, 0.3) is 5.91 Å². The van der Waals surface area contributed by atoms with Crippen molar-refractivity contribution < 1.29 is 14.0 Å². The Morgan fingerprint density at radius 2 is 1.65 bits per heavy atom. The molecule has 5 nitrogen and oxygen atoms in total. The molecular formula is C18H13NO4. The van der Waals surface area contributed by atoms with Crippen molar-refractivity contribution in [1.29, 1.82) is 0 Å². The molecule has 1 amide bonds. The third-order valence-corrected chi connectivity index (χ3v) is 3.44. The lowest BCUT2D eigenvalue weighted by atomic mass is 10.1. The van der Waals surface area contributed by atoms with Crippen LogP contribution in [-0.2, 0) is 0 Å². The summed E-state index contributed by atoms with van der Waals surface area (Å²) < 4.78 is 5.15. The molecule has 0 spiro atoms. The topological polar surface area (TPSA) is 76.4 Å². The molecule has 0 fully saturated rings. The van der Waals surface area contributed by atoms with Crippen molar-refractivity contribution in [3.63, 3.8) is 0 Å². The zero-order valence-corrected chi connectivity index (χ0v) is 12.3. The summed E-state index contributed by atoms with van der Waals surface area (Å²) in [4.78, 5) is 36.0. The SMILES string of the molecule is CC(=O)c1ccccc1NC(=O)c1cc2ccccc2oc1=O. The number of carbonyl (C=O) groups is 2. The predicted octanol–water partition coefficient (Wildman–Crippen LogP) is 3.25. The Kier molecular flexibility index (Phi) is 3.76. The highest BCUT2D eigenvalue weighted by molar-refractivity contribution is 6.09. The van der Waals surface area contributed by atoms with Crippen LogP contribution in [0.3, 0.4) is 0 Å². The largest absolute Gasteiger partial charge is 0.422 e. The molecule has 1 aromatic heterocycles. The number of anilines is 1. The summed E-state index contributed by atoms with van der Waals surface area (Å²) in [5.41, 5.74) is 0.324. The van der Waals surface area contributed by atoms with E-state index in [-0.39, 0.29) is 11.3 Å². The predicted molar refractivity (Wildman–Crippen MR) is 86.9 cm³/mol. The Hall–Kier alpha value is -3.21. The van der Waals surface area contributed by atoms with Crippen LogP contribution < -0.4 is 10.9 Å². The van der Waals surface area contributed by atoms with Crippen molar-refractivity contribution in [1.82, 2.24) is 0 Å². The van der Waals surface area contributed by atoms with Crippen LogP contribution in [0.2, 0.25) is 0 Å². The molecule has 3 rings (SSSR count). The molecule has 3 aromatic rings. The zero-order chi connectivity index (χ0) is 16.4. The lowest BCUT2D eigenvalue weighted by molar-refractivity contribution is 0.101. The Morgan fingerprint density at radius 3 is 2.43 bits per heavy atom. The van der Waals surface area contributed by atoms with Gasteiger partial charge in [-0.15, -0.1) is 0 Å². The molecule has 0 saturated carbocycles. The fraction of sp³-hybridized carbons (Fsp3) is 0.0556. The number of nitrogens with one attached hydrogen (secondary N) is 1. The molecule has 1 N–H and O–H groups in total. The van der Waals surface area contributed by atoms with Crippen molar-refractivity contribution in [3.05, 3.63) is 76.1 Å². The summed E-state index contributed by atoms with van der Waals surface area (Å²) in [7, 11) is 0. The molecule has 23 heavy (non-hydrogen) atoms. The number of rotatable bonds is 3. The lowest BCUT2D eigenvalue weighted by Crippen LogP contribution is -2.21. The van der Waals surface area contributed by atoms with Gasteiger partial charge in [-0.05, 0) is 31.2 Å². The van der Waals surface area contributed by atoms with E-state index < -0.39 is 11.5 Å². The molecule has 0 radical (unpaired) electrons. The molecule has 0 atom stereocenters. The summed E-state index contributed by atoms with van der Waals surface area (Å²) in [5.74, 6) is -0.787. The summed E-state index contributed by atoms with van der Waals surface area (Å²) in [6.45, 7) is 1.41. The van der Waals surface area contributed by atoms with E-state index in [1.165, 1.54) is 13.0 Å². The highest BCUT2D eigenvalue weighted by Gasteiger charge is 2.16. The molecular weight excluding hydrogens is 294 g/mol. The van der Waals surface area contributed by atoms with Crippen LogP contribution in [0.1, 0.15) is 27.6 Å². The fourth-order valence-corrected chi connectivity index (χ4v) is 2.31. The Balaban J connectivity index is 2.00. The molecule has 0 bridgehead atoms. The second kappa shape index (κ2) is 5.88. The van der Waals surface area contributed by atoms with Gasteiger partial charge >= 0.3 is 5.63 Å². The first-order valence-corrected chi connectivity index (χ1v) is 7.00. The first-order valence-electron chi connectivity index (χ1n) is 7.00. The van der Waals surface area contributed by atoms with E-state index in [0.717, 1.165) is 0 Å². The molecule has 114 valence electrons. The van der Waals surface area contributed by atoms with Gasteiger partial charge in [-0.2, -0.15) is 0 Å². The number of ketones is 1. The van der Waals surface area contributed by atoms with E-state index in [1.54, 1.807) is 48.5 Å². The molecule has 5 heteroatoms. The Labute approximate surface area is 131 Å². The maximum Gasteiger partial charge on any atom is 0.349 e. The van der Waals surface area contributed by atoms with Gasteiger partial charge in [0.1, 0.15) is 11.1 Å². The fourth-order valence-electron chi connectivity index (χ4n) is 2.31. The number of hydrogen-bond donors (Lipinski definition) is 1. The number of Topliss-reactive ketones (excluding diaryl/α,β-unsaturated/α-hetero) is 1. The quantitative estimate of drug-likeness (QED) is 0.595. The molecule has 2 aromatic carbocycles. The van der Waals surface area contributed by atoms with Gasteiger partial charge in [0.2, 0.25) is 0 Å². The normalized spacial score (nSPS) is 10.5. The summed E-state index contributed by atoms with van der Waals surface area (Å²) in [5, 5.41) is 3.24. The maximum absolute atomic E-state index is 12.4. The number of hydrogen-bond acceptors (Lipinski definition) is 4. The highest BCUT2D eigenvalue weighted by Crippen LogP contribution is 2.17. The number of amides is 1. The van der Waals surface area contributed by atoms with Crippen LogP contribution in [0.25, 0.3) is 11.0 Å². The first kappa shape index (κ1) is 14.7. The molecule has 1 heterocycles. The molecule has 0 aliphatic carbocycles. The minimum Gasteiger partial charge on any atom is -0.422 e. The van der Waals surface area contributed by atoms with Crippen LogP contribution in [-0.4, -0.2) is 11.7 Å². The average Bonchev–Trinajstić information content (AvgIpc) is 2.54. The molecule has 0 saturated heterocycles. The van der Waals surface area contributed by atoms with Gasteiger partial charge < -0.3 is 9.73 Å². The van der Waals surface area contributed by atoms with Crippen molar-refractivity contribution >= 4 is 28.3 Å². The van der Waals surface area contributed by atoms with E-state index in [4.69, 9.17) is 4.42 Å². The summed E-state index contributed by atoms with van der Waals surface area (Å²) in [6.07, 6.45) is 0. The van der Waals surface area contributed by atoms with Crippen LogP contribution in [0.15, 0.2) is 63.8 Å². The summed E-state index contributed by atoms with van der Waals surface area (Å²) in [6, 6.07) is 15.0. The third-order valence-electron chi connectivity index (χ3n) is 3.44. The van der Waals surface area contributed by atoms with E-state index in [2.05, 4.69) is 5.32 Å². The minimum atomic E-state index is -0.721. The Bertz CT molecular complexity index is 972. The average molecular weight is 307 g/mol. The van der Waals surface area contributed by atoms with Gasteiger partial charge in [0.05, 0.1) is 5.69 Å². The molecule has 0 aliphatic rings. The van der Waals surface area contributed by atoms with Gasteiger partial charge in [-0.3, -0.25) is 9.59 Å². The highest BCUT2D eigenvalue weighted by atomic mass is 16.4. The zero-order valence-electron chi connectivity index (χ0n) is 12.3. The summed E-state index contributed by atoms with van der Waals surface area (Å²) >= 11 is 0. The number of para-hydroxylation sites is 2. The maximum atomic E-state index is 12.4. The smallest absolute Gasteiger partial charge is 0.349 e. The van der Waals surface area contributed by atoms with Gasteiger partial charge in [0.15, 0.2) is 5.78 Å². The standard InChI is InChI=1S/C18H13NO4/c1-11(20)13-7-3-4-8-15(13)19-17(21)14-10-12-6-2-5-9-16(12)23-18(14)22/h2-10H,1H3,(H,19,21). The van der Waals surface area contributed by atoms with Crippen molar-refractivity contribution in [3.8, 4) is 0 Å². The van der Waals surface area contributed by atoms with E-state index in [1.807, 2.05) is 0 Å². The van der Waals surface area contributed by atoms with E-state index >= 15 is 0 Å².